The van der Waals surface area contributed by atoms with Crippen LogP contribution in [-0.2, 0) is 5.75 Å². The molecule has 0 aromatic carbocycles. The maximum absolute atomic E-state index is 12.3. The van der Waals surface area contributed by atoms with E-state index in [4.69, 9.17) is 4.42 Å². The van der Waals surface area contributed by atoms with Gasteiger partial charge in [0.15, 0.2) is 11.6 Å². The minimum Gasteiger partial charge on any atom is -0.455 e. The van der Waals surface area contributed by atoms with Crippen molar-refractivity contribution in [2.45, 2.75) is 50.4 Å². The molecule has 0 bridgehead atoms. The van der Waals surface area contributed by atoms with Crippen LogP contribution in [0.1, 0.15) is 66.8 Å². The topological polar surface area (TPSA) is 73.0 Å². The summed E-state index contributed by atoms with van der Waals surface area (Å²) in [5, 5.41) is 11.2. The Hall–Kier alpha value is -1.76. The molecule has 2 heterocycles. The number of rotatable bonds is 6. The third kappa shape index (κ3) is 3.60. The molecule has 1 aliphatic carbocycles. The van der Waals surface area contributed by atoms with Gasteiger partial charge in [-0.25, -0.2) is 0 Å². The number of thioether (sulfide) groups is 1. The number of hydrogen-bond donors (Lipinski definition) is 1. The van der Waals surface area contributed by atoms with Gasteiger partial charge in [0.25, 0.3) is 5.91 Å². The Balaban J connectivity index is 1.67. The normalized spacial score (nSPS) is 16.6. The summed E-state index contributed by atoms with van der Waals surface area (Å²) >= 11 is 1.66. The molecule has 1 aliphatic rings. The zero-order valence-electron chi connectivity index (χ0n) is 13.5. The predicted molar refractivity (Wildman–Crippen MR) is 89.3 cm³/mol. The second kappa shape index (κ2) is 7.21. The van der Waals surface area contributed by atoms with Crippen LogP contribution < -0.4 is 5.32 Å². The van der Waals surface area contributed by atoms with Crippen LogP contribution >= 0.6 is 11.8 Å². The lowest BCUT2D eigenvalue weighted by molar-refractivity contribution is 0.0907. The molecule has 1 fully saturated rings. The van der Waals surface area contributed by atoms with Crippen molar-refractivity contribution < 1.29 is 9.21 Å². The first-order valence-corrected chi connectivity index (χ1v) is 9.36. The van der Waals surface area contributed by atoms with E-state index in [1.165, 1.54) is 12.8 Å². The molecule has 23 heavy (non-hydrogen) atoms. The minimum absolute atomic E-state index is 0.209. The van der Waals surface area contributed by atoms with Gasteiger partial charge in [0.1, 0.15) is 12.1 Å². The average Bonchev–Trinajstić information content (AvgIpc) is 3.27. The molecule has 2 aromatic heterocycles. The van der Waals surface area contributed by atoms with Gasteiger partial charge < -0.3 is 14.3 Å². The van der Waals surface area contributed by atoms with Gasteiger partial charge in [0.2, 0.25) is 0 Å². The van der Waals surface area contributed by atoms with Crippen LogP contribution in [0.5, 0.6) is 0 Å². The highest BCUT2D eigenvalue weighted by molar-refractivity contribution is 7.97. The molecule has 0 saturated heterocycles. The molecule has 0 radical (unpaired) electrons. The molecule has 0 unspecified atom stereocenters. The number of furan rings is 1. The second-order valence-corrected chi connectivity index (χ2v) is 6.79. The molecule has 6 nitrogen and oxygen atoms in total. The van der Waals surface area contributed by atoms with Crippen LogP contribution in [0.25, 0.3) is 0 Å². The van der Waals surface area contributed by atoms with Crippen molar-refractivity contribution in [2.24, 2.45) is 0 Å². The molecule has 7 heteroatoms. The Bertz CT molecular complexity index is 661. The highest BCUT2D eigenvalue weighted by atomic mass is 32.2. The zero-order chi connectivity index (χ0) is 16.2. The van der Waals surface area contributed by atoms with E-state index in [1.54, 1.807) is 24.2 Å². The number of hydrogen-bond acceptors (Lipinski definition) is 5. The summed E-state index contributed by atoms with van der Waals surface area (Å²) in [5.41, 5.74) is 0. The lowest BCUT2D eigenvalue weighted by atomic mass is 10.2. The fourth-order valence-electron chi connectivity index (χ4n) is 3.08. The number of carbonyl (C=O) groups is 1. The average molecular weight is 334 g/mol. The van der Waals surface area contributed by atoms with Crippen molar-refractivity contribution in [3.05, 3.63) is 35.8 Å². The summed E-state index contributed by atoms with van der Waals surface area (Å²) in [5.74, 6) is 2.50. The van der Waals surface area contributed by atoms with Gasteiger partial charge in [-0.3, -0.25) is 4.79 Å². The van der Waals surface area contributed by atoms with Gasteiger partial charge in [0, 0.05) is 6.04 Å². The molecule has 1 N–H and O–H groups in total. The molecule has 1 amide bonds. The molecular weight excluding hydrogens is 312 g/mol. The summed E-state index contributed by atoms with van der Waals surface area (Å²) in [7, 11) is 0. The highest BCUT2D eigenvalue weighted by Crippen LogP contribution is 2.31. The summed E-state index contributed by atoms with van der Waals surface area (Å²) in [6, 6.07) is 3.81. The summed E-state index contributed by atoms with van der Waals surface area (Å²) in [6.45, 7) is 1.93. The van der Waals surface area contributed by atoms with E-state index in [-0.39, 0.29) is 11.9 Å². The van der Waals surface area contributed by atoms with Gasteiger partial charge in [0.05, 0.1) is 11.8 Å². The molecule has 3 rings (SSSR count). The first kappa shape index (κ1) is 16.1. The highest BCUT2D eigenvalue weighted by Gasteiger charge is 2.24. The van der Waals surface area contributed by atoms with Gasteiger partial charge in [-0.2, -0.15) is 11.8 Å². The lowest BCUT2D eigenvalue weighted by Crippen LogP contribution is -2.29. The molecule has 2 aromatic rings. The minimum atomic E-state index is -0.217. The third-order valence-electron chi connectivity index (χ3n) is 4.23. The van der Waals surface area contributed by atoms with E-state index in [0.717, 1.165) is 30.2 Å². The molecule has 0 spiro atoms. The number of aromatic nitrogens is 3. The first-order valence-electron chi connectivity index (χ1n) is 7.97. The Morgan fingerprint density at radius 2 is 2.26 bits per heavy atom. The van der Waals surface area contributed by atoms with Crippen LogP contribution in [0.15, 0.2) is 22.9 Å². The van der Waals surface area contributed by atoms with Gasteiger partial charge in [-0.15, -0.1) is 10.2 Å². The third-order valence-corrected chi connectivity index (χ3v) is 4.80. The number of carbonyl (C=O) groups excluding carboxylic acids is 1. The van der Waals surface area contributed by atoms with Gasteiger partial charge in [-0.05, 0) is 38.2 Å². The monoisotopic (exact) mass is 334 g/mol. The fraction of sp³-hybridized carbons (Fsp3) is 0.562. The van der Waals surface area contributed by atoms with Gasteiger partial charge in [-0.1, -0.05) is 12.8 Å². The van der Waals surface area contributed by atoms with Crippen molar-refractivity contribution in [1.82, 2.24) is 20.1 Å². The van der Waals surface area contributed by atoms with Crippen LogP contribution in [-0.4, -0.2) is 26.9 Å². The molecule has 124 valence electrons. The van der Waals surface area contributed by atoms with Crippen LogP contribution in [0, 0.1) is 0 Å². The van der Waals surface area contributed by atoms with Crippen molar-refractivity contribution in [2.75, 3.05) is 6.26 Å². The number of amides is 1. The largest absolute Gasteiger partial charge is 0.455 e. The maximum Gasteiger partial charge on any atom is 0.287 e. The van der Waals surface area contributed by atoms with Crippen molar-refractivity contribution >= 4 is 17.7 Å². The number of nitrogens with one attached hydrogen (secondary N) is 1. The summed E-state index contributed by atoms with van der Waals surface area (Å²) in [4.78, 5) is 12.3. The predicted octanol–water partition coefficient (Wildman–Crippen LogP) is 3.34. The lowest BCUT2D eigenvalue weighted by Gasteiger charge is -2.18. The smallest absolute Gasteiger partial charge is 0.287 e. The Morgan fingerprint density at radius 3 is 3.00 bits per heavy atom. The van der Waals surface area contributed by atoms with E-state index in [0.29, 0.717) is 11.8 Å². The second-order valence-electron chi connectivity index (χ2n) is 5.93. The summed E-state index contributed by atoms with van der Waals surface area (Å²) < 4.78 is 7.67. The molecule has 1 atom stereocenters. The van der Waals surface area contributed by atoms with E-state index >= 15 is 0 Å². The molecule has 0 aliphatic heterocycles. The SMILES string of the molecule is CSCc1ccc(C(=O)N[C@@H](C)c2nncn2C2CCCC2)o1. The van der Waals surface area contributed by atoms with Crippen LogP contribution in [0.3, 0.4) is 0 Å². The zero-order valence-corrected chi connectivity index (χ0v) is 14.3. The van der Waals surface area contributed by atoms with Crippen molar-refractivity contribution in [1.29, 1.82) is 0 Å². The molecular formula is C16H22N4O2S. The Kier molecular flexibility index (Phi) is 5.05. The Morgan fingerprint density at radius 1 is 1.48 bits per heavy atom. The Labute approximate surface area is 140 Å². The van der Waals surface area contributed by atoms with Crippen molar-refractivity contribution in [3.63, 3.8) is 0 Å². The van der Waals surface area contributed by atoms with Gasteiger partial charge >= 0.3 is 0 Å². The van der Waals surface area contributed by atoms with E-state index < -0.39 is 0 Å². The number of nitrogens with zero attached hydrogens (tertiary/aromatic N) is 3. The first-order chi connectivity index (χ1) is 11.2. The maximum atomic E-state index is 12.3. The standard InChI is InChI=1S/C16H22N4O2S/c1-11(15-19-17-10-20(15)12-5-3-4-6-12)18-16(21)14-8-7-13(22-14)9-23-2/h7-8,10-12H,3-6,9H2,1-2H3,(H,18,21)/t11-/m0/s1. The van der Waals surface area contributed by atoms with Crippen LogP contribution in [0.2, 0.25) is 0 Å². The van der Waals surface area contributed by atoms with E-state index in [9.17, 15) is 4.79 Å². The van der Waals surface area contributed by atoms with Crippen molar-refractivity contribution in [3.8, 4) is 0 Å². The fourth-order valence-corrected chi connectivity index (χ4v) is 3.52. The quantitative estimate of drug-likeness (QED) is 0.877. The molecule has 1 saturated carbocycles. The summed E-state index contributed by atoms with van der Waals surface area (Å²) in [6.07, 6.45) is 8.57. The van der Waals surface area contributed by atoms with E-state index in [1.807, 2.05) is 19.2 Å². The van der Waals surface area contributed by atoms with E-state index in [2.05, 4.69) is 20.1 Å². The van der Waals surface area contributed by atoms with Crippen LogP contribution in [0.4, 0.5) is 0 Å².